The number of halogens is 1. The summed E-state index contributed by atoms with van der Waals surface area (Å²) < 4.78 is 2.67. The van der Waals surface area contributed by atoms with Crippen LogP contribution in [-0.4, -0.2) is 14.6 Å². The predicted octanol–water partition coefficient (Wildman–Crippen LogP) is 4.11. The van der Waals surface area contributed by atoms with Gasteiger partial charge in [-0.15, -0.1) is 10.2 Å². The lowest BCUT2D eigenvalue weighted by Gasteiger charge is -1.99. The van der Waals surface area contributed by atoms with Crippen molar-refractivity contribution in [2.75, 3.05) is 5.73 Å². The van der Waals surface area contributed by atoms with Crippen molar-refractivity contribution in [1.29, 1.82) is 0 Å². The second-order valence-electron chi connectivity index (χ2n) is 4.68. The molecule has 0 saturated heterocycles. The third kappa shape index (κ3) is 2.64. The number of aromatic nitrogens is 3. The monoisotopic (exact) mass is 344 g/mol. The van der Waals surface area contributed by atoms with Crippen LogP contribution in [0.25, 0.3) is 5.65 Å². The molecule has 0 aliphatic heterocycles. The van der Waals surface area contributed by atoms with E-state index in [2.05, 4.69) is 36.2 Å². The van der Waals surface area contributed by atoms with E-state index in [9.17, 15) is 0 Å². The Morgan fingerprint density at radius 2 is 1.86 bits per heavy atom. The summed E-state index contributed by atoms with van der Waals surface area (Å²) in [5.41, 5.74) is 9.61. The Morgan fingerprint density at radius 1 is 1.14 bits per heavy atom. The van der Waals surface area contributed by atoms with Crippen molar-refractivity contribution < 1.29 is 0 Å². The zero-order valence-electron chi connectivity index (χ0n) is 11.6. The van der Waals surface area contributed by atoms with Gasteiger partial charge in [-0.1, -0.05) is 15.9 Å². The highest BCUT2D eigenvalue weighted by Crippen LogP contribution is 2.29. The lowest BCUT2D eigenvalue weighted by atomic mass is 10.3. The summed E-state index contributed by atoms with van der Waals surface area (Å²) in [6.07, 6.45) is 0. The molecule has 0 atom stereocenters. The number of anilines is 1. The summed E-state index contributed by atoms with van der Waals surface area (Å²) in [5.74, 6) is 0.317. The number of aryl methyl sites for hydroxylation is 2. The quantitative estimate of drug-likeness (QED) is 0.710. The summed E-state index contributed by atoms with van der Waals surface area (Å²) in [4.78, 5) is 4.44. The minimum atomic E-state index is 0.317. The standard InChI is InChI=1S/C14H13BrN6/c1-8-7-9(2)21-14(17-8)12(13(16)20-21)19-18-11-5-3-10(15)4-6-11/h3-7H,1-2H3,(H2,16,20). The molecule has 2 heterocycles. The van der Waals surface area contributed by atoms with E-state index >= 15 is 0 Å². The highest BCUT2D eigenvalue weighted by atomic mass is 79.9. The van der Waals surface area contributed by atoms with E-state index < -0.39 is 0 Å². The van der Waals surface area contributed by atoms with E-state index in [0.29, 0.717) is 17.2 Å². The van der Waals surface area contributed by atoms with E-state index in [0.717, 1.165) is 21.5 Å². The second-order valence-corrected chi connectivity index (χ2v) is 5.60. The molecular formula is C14H13BrN6. The van der Waals surface area contributed by atoms with Gasteiger partial charge in [0.25, 0.3) is 0 Å². The van der Waals surface area contributed by atoms with Crippen molar-refractivity contribution in [3.8, 4) is 0 Å². The molecule has 1 aromatic carbocycles. The van der Waals surface area contributed by atoms with Crippen LogP contribution in [0.1, 0.15) is 11.4 Å². The molecule has 0 aliphatic carbocycles. The smallest absolute Gasteiger partial charge is 0.185 e. The van der Waals surface area contributed by atoms with Crippen molar-refractivity contribution in [3.05, 3.63) is 46.2 Å². The fraction of sp³-hybridized carbons (Fsp3) is 0.143. The highest BCUT2D eigenvalue weighted by Gasteiger charge is 2.13. The molecule has 0 unspecified atom stereocenters. The number of fused-ring (bicyclic) bond motifs is 1. The summed E-state index contributed by atoms with van der Waals surface area (Å²) in [6.45, 7) is 3.87. The maximum Gasteiger partial charge on any atom is 0.185 e. The predicted molar refractivity (Wildman–Crippen MR) is 85.2 cm³/mol. The summed E-state index contributed by atoms with van der Waals surface area (Å²) in [6, 6.07) is 9.47. The molecule has 0 radical (unpaired) electrons. The van der Waals surface area contributed by atoms with Gasteiger partial charge in [-0.25, -0.2) is 9.50 Å². The Bertz CT molecular complexity index is 835. The van der Waals surface area contributed by atoms with E-state index in [-0.39, 0.29) is 0 Å². The first-order valence-electron chi connectivity index (χ1n) is 6.34. The van der Waals surface area contributed by atoms with Crippen LogP contribution in [0.4, 0.5) is 17.2 Å². The van der Waals surface area contributed by atoms with Gasteiger partial charge in [0.1, 0.15) is 0 Å². The molecule has 0 spiro atoms. The van der Waals surface area contributed by atoms with E-state index in [1.165, 1.54) is 0 Å². The maximum atomic E-state index is 5.93. The molecule has 0 saturated carbocycles. The van der Waals surface area contributed by atoms with Crippen LogP contribution in [-0.2, 0) is 0 Å². The first kappa shape index (κ1) is 13.7. The number of hydrogen-bond donors (Lipinski definition) is 1. The van der Waals surface area contributed by atoms with Gasteiger partial charge in [0.2, 0.25) is 0 Å². The van der Waals surface area contributed by atoms with Gasteiger partial charge in [0.05, 0.1) is 5.69 Å². The second kappa shape index (κ2) is 5.25. The Balaban J connectivity index is 2.08. The topological polar surface area (TPSA) is 80.9 Å². The fourth-order valence-corrected chi connectivity index (χ4v) is 2.30. The number of nitrogens with zero attached hydrogens (tertiary/aromatic N) is 5. The van der Waals surface area contributed by atoms with Crippen molar-refractivity contribution >= 4 is 38.8 Å². The molecular weight excluding hydrogens is 332 g/mol. The maximum absolute atomic E-state index is 5.93. The first-order valence-corrected chi connectivity index (χ1v) is 7.13. The van der Waals surface area contributed by atoms with Crippen LogP contribution in [0, 0.1) is 13.8 Å². The molecule has 0 aliphatic rings. The average molecular weight is 345 g/mol. The average Bonchev–Trinajstić information content (AvgIpc) is 2.75. The van der Waals surface area contributed by atoms with Crippen molar-refractivity contribution in [2.45, 2.75) is 13.8 Å². The zero-order chi connectivity index (χ0) is 15.0. The van der Waals surface area contributed by atoms with Crippen LogP contribution < -0.4 is 5.73 Å². The number of rotatable bonds is 2. The molecule has 3 rings (SSSR count). The number of hydrogen-bond acceptors (Lipinski definition) is 5. The molecule has 21 heavy (non-hydrogen) atoms. The normalized spacial score (nSPS) is 11.6. The van der Waals surface area contributed by atoms with Crippen LogP contribution >= 0.6 is 15.9 Å². The third-order valence-electron chi connectivity index (χ3n) is 2.99. The molecule has 2 aromatic heterocycles. The number of azo groups is 1. The number of nitrogen functional groups attached to an aromatic ring is 1. The molecule has 6 nitrogen and oxygen atoms in total. The Morgan fingerprint density at radius 3 is 2.57 bits per heavy atom. The molecule has 0 amide bonds. The van der Waals surface area contributed by atoms with E-state index in [4.69, 9.17) is 5.73 Å². The first-order chi connectivity index (χ1) is 10.0. The lowest BCUT2D eigenvalue weighted by Crippen LogP contribution is -1.97. The van der Waals surface area contributed by atoms with Gasteiger partial charge in [0, 0.05) is 15.9 Å². The molecule has 0 fully saturated rings. The zero-order valence-corrected chi connectivity index (χ0v) is 13.2. The summed E-state index contributed by atoms with van der Waals surface area (Å²) >= 11 is 3.38. The van der Waals surface area contributed by atoms with Gasteiger partial charge in [-0.3, -0.25) is 0 Å². The van der Waals surface area contributed by atoms with Crippen LogP contribution in [0.3, 0.4) is 0 Å². The van der Waals surface area contributed by atoms with Crippen LogP contribution in [0.15, 0.2) is 45.0 Å². The molecule has 0 bridgehead atoms. The van der Waals surface area contributed by atoms with Crippen LogP contribution in [0.5, 0.6) is 0 Å². The van der Waals surface area contributed by atoms with Crippen molar-refractivity contribution in [3.63, 3.8) is 0 Å². The fourth-order valence-electron chi connectivity index (χ4n) is 2.04. The largest absolute Gasteiger partial charge is 0.380 e. The SMILES string of the molecule is Cc1cc(C)n2nc(N)c(N=Nc3ccc(Br)cc3)c2n1. The minimum absolute atomic E-state index is 0.317. The Labute approximate surface area is 129 Å². The van der Waals surface area contributed by atoms with Gasteiger partial charge in [-0.2, -0.15) is 5.11 Å². The summed E-state index contributed by atoms with van der Waals surface area (Å²) in [7, 11) is 0. The molecule has 7 heteroatoms. The van der Waals surface area contributed by atoms with E-state index in [1.54, 1.807) is 4.52 Å². The van der Waals surface area contributed by atoms with Gasteiger partial charge in [-0.05, 0) is 44.2 Å². The Hall–Kier alpha value is -2.28. The van der Waals surface area contributed by atoms with E-state index in [1.807, 2.05) is 44.2 Å². The summed E-state index contributed by atoms with van der Waals surface area (Å²) in [5, 5.41) is 12.7. The Kier molecular flexibility index (Phi) is 3.42. The molecule has 106 valence electrons. The van der Waals surface area contributed by atoms with Gasteiger partial charge in [0.15, 0.2) is 17.2 Å². The van der Waals surface area contributed by atoms with Crippen molar-refractivity contribution in [2.24, 2.45) is 10.2 Å². The molecule has 2 N–H and O–H groups in total. The van der Waals surface area contributed by atoms with Crippen LogP contribution in [0.2, 0.25) is 0 Å². The number of benzene rings is 1. The van der Waals surface area contributed by atoms with Crippen molar-refractivity contribution in [1.82, 2.24) is 14.6 Å². The number of nitrogens with two attached hydrogens (primary N) is 1. The van der Waals surface area contributed by atoms with Gasteiger partial charge < -0.3 is 5.73 Å². The highest BCUT2D eigenvalue weighted by molar-refractivity contribution is 9.10. The third-order valence-corrected chi connectivity index (χ3v) is 3.52. The molecule has 3 aromatic rings. The minimum Gasteiger partial charge on any atom is -0.380 e. The lowest BCUT2D eigenvalue weighted by molar-refractivity contribution is 0.890. The van der Waals surface area contributed by atoms with Gasteiger partial charge >= 0.3 is 0 Å².